The summed E-state index contributed by atoms with van der Waals surface area (Å²) < 4.78 is 0.877. The van der Waals surface area contributed by atoms with Crippen LogP contribution in [0.25, 0.3) is 0 Å². The predicted molar refractivity (Wildman–Crippen MR) is 96.4 cm³/mol. The van der Waals surface area contributed by atoms with E-state index < -0.39 is 0 Å². The number of carbonyl (C=O) groups is 2. The van der Waals surface area contributed by atoms with Crippen molar-refractivity contribution in [3.8, 4) is 0 Å². The van der Waals surface area contributed by atoms with Gasteiger partial charge in [0.1, 0.15) is 5.82 Å². The molecule has 2 heterocycles. The van der Waals surface area contributed by atoms with Crippen molar-refractivity contribution in [1.29, 1.82) is 0 Å². The lowest BCUT2D eigenvalue weighted by molar-refractivity contribution is -0.135. The van der Waals surface area contributed by atoms with E-state index in [1.54, 1.807) is 12.3 Å². The van der Waals surface area contributed by atoms with Gasteiger partial charge in [-0.3, -0.25) is 9.59 Å². The van der Waals surface area contributed by atoms with Crippen molar-refractivity contribution in [1.82, 2.24) is 9.88 Å². The second-order valence-electron chi connectivity index (χ2n) is 6.88. The Kier molecular flexibility index (Phi) is 5.87. The first kappa shape index (κ1) is 17.4. The molecular weight excluding hydrogens is 370 g/mol. The Morgan fingerprint density at radius 2 is 2.00 bits per heavy atom. The number of nitrogens with zero attached hydrogens (tertiary/aromatic N) is 2. The summed E-state index contributed by atoms with van der Waals surface area (Å²) in [6, 6.07) is 3.62. The molecule has 1 saturated heterocycles. The van der Waals surface area contributed by atoms with Crippen molar-refractivity contribution in [2.75, 3.05) is 18.4 Å². The number of hydrogen-bond acceptors (Lipinski definition) is 3. The Balaban J connectivity index is 1.53. The van der Waals surface area contributed by atoms with Crippen molar-refractivity contribution >= 4 is 33.6 Å². The first-order valence-corrected chi connectivity index (χ1v) is 9.61. The van der Waals surface area contributed by atoms with Gasteiger partial charge in [-0.2, -0.15) is 0 Å². The highest BCUT2D eigenvalue weighted by atomic mass is 79.9. The van der Waals surface area contributed by atoms with Crippen LogP contribution in [-0.4, -0.2) is 34.8 Å². The summed E-state index contributed by atoms with van der Waals surface area (Å²) in [6.45, 7) is 1.32. The quantitative estimate of drug-likeness (QED) is 0.849. The summed E-state index contributed by atoms with van der Waals surface area (Å²) in [5.41, 5.74) is 0. The van der Waals surface area contributed by atoms with Crippen LogP contribution < -0.4 is 5.32 Å². The third-order valence-corrected chi connectivity index (χ3v) is 5.53. The van der Waals surface area contributed by atoms with E-state index in [1.807, 2.05) is 11.0 Å². The number of anilines is 1. The third-order valence-electron chi connectivity index (χ3n) is 5.06. The van der Waals surface area contributed by atoms with Crippen molar-refractivity contribution in [3.05, 3.63) is 22.8 Å². The summed E-state index contributed by atoms with van der Waals surface area (Å²) in [5.74, 6) is 1.15. The molecule has 1 N–H and O–H groups in total. The molecule has 1 atom stereocenters. The van der Waals surface area contributed by atoms with Crippen LogP contribution in [-0.2, 0) is 9.59 Å². The molecule has 1 saturated carbocycles. The highest BCUT2D eigenvalue weighted by Crippen LogP contribution is 2.29. The molecule has 5 nitrogen and oxygen atoms in total. The average molecular weight is 394 g/mol. The predicted octanol–water partition coefficient (Wildman–Crippen LogP) is 3.60. The molecule has 24 heavy (non-hydrogen) atoms. The minimum absolute atomic E-state index is 0.0387. The maximum absolute atomic E-state index is 12.5. The molecule has 2 fully saturated rings. The van der Waals surface area contributed by atoms with Gasteiger partial charge in [0.15, 0.2) is 0 Å². The molecule has 1 aromatic rings. The SMILES string of the molecule is O=C(Nc1ccc(Br)cn1)[C@H]1CCCN(C(=O)CC2CCCC2)C1. The highest BCUT2D eigenvalue weighted by Gasteiger charge is 2.30. The van der Waals surface area contributed by atoms with Crippen LogP contribution in [0.5, 0.6) is 0 Å². The van der Waals surface area contributed by atoms with Crippen molar-refractivity contribution in [3.63, 3.8) is 0 Å². The number of likely N-dealkylation sites (tertiary alicyclic amines) is 1. The van der Waals surface area contributed by atoms with Gasteiger partial charge in [0, 0.05) is 30.2 Å². The zero-order valence-corrected chi connectivity index (χ0v) is 15.4. The Morgan fingerprint density at radius 1 is 1.21 bits per heavy atom. The van der Waals surface area contributed by atoms with E-state index in [-0.39, 0.29) is 17.7 Å². The Hall–Kier alpha value is -1.43. The topological polar surface area (TPSA) is 62.3 Å². The van der Waals surface area contributed by atoms with E-state index in [1.165, 1.54) is 25.7 Å². The molecule has 0 bridgehead atoms. The zero-order valence-electron chi connectivity index (χ0n) is 13.8. The summed E-state index contributed by atoms with van der Waals surface area (Å²) in [7, 11) is 0. The van der Waals surface area contributed by atoms with Gasteiger partial charge in [0.25, 0.3) is 0 Å². The van der Waals surface area contributed by atoms with Gasteiger partial charge in [0.2, 0.25) is 11.8 Å². The lowest BCUT2D eigenvalue weighted by atomic mass is 9.95. The molecule has 130 valence electrons. The maximum atomic E-state index is 12.5. The summed E-state index contributed by atoms with van der Waals surface area (Å²) in [4.78, 5) is 31.0. The third kappa shape index (κ3) is 4.56. The van der Waals surface area contributed by atoms with E-state index in [2.05, 4.69) is 26.2 Å². The largest absolute Gasteiger partial charge is 0.342 e. The fourth-order valence-electron chi connectivity index (χ4n) is 3.69. The second kappa shape index (κ2) is 8.10. The van der Waals surface area contributed by atoms with Crippen LogP contribution in [0, 0.1) is 11.8 Å². The number of nitrogens with one attached hydrogen (secondary N) is 1. The molecule has 3 rings (SSSR count). The van der Waals surface area contributed by atoms with E-state index >= 15 is 0 Å². The summed E-state index contributed by atoms with van der Waals surface area (Å²) >= 11 is 3.33. The normalized spacial score (nSPS) is 21.7. The fourth-order valence-corrected chi connectivity index (χ4v) is 3.92. The molecule has 2 amide bonds. The van der Waals surface area contributed by atoms with Gasteiger partial charge >= 0.3 is 0 Å². The Morgan fingerprint density at radius 3 is 2.71 bits per heavy atom. The molecule has 1 aliphatic carbocycles. The lowest BCUT2D eigenvalue weighted by Crippen LogP contribution is -2.44. The number of pyridine rings is 1. The van der Waals surface area contributed by atoms with Gasteiger partial charge in [-0.15, -0.1) is 0 Å². The minimum atomic E-state index is -0.142. The van der Waals surface area contributed by atoms with E-state index in [0.717, 1.165) is 23.9 Å². The number of aromatic nitrogens is 1. The molecule has 1 aliphatic heterocycles. The van der Waals surface area contributed by atoms with E-state index in [0.29, 0.717) is 24.7 Å². The standard InChI is InChI=1S/C18H24BrN3O2/c19-15-7-8-16(20-11-15)21-18(24)14-6-3-9-22(12-14)17(23)10-13-4-1-2-5-13/h7-8,11,13-14H,1-6,9-10,12H2,(H,20,21,24)/t14-/m0/s1. The number of piperidine rings is 1. The molecule has 1 aromatic heterocycles. The molecule has 0 spiro atoms. The average Bonchev–Trinajstić information content (AvgIpc) is 3.10. The van der Waals surface area contributed by atoms with Crippen LogP contribution in [0.2, 0.25) is 0 Å². The highest BCUT2D eigenvalue weighted by molar-refractivity contribution is 9.10. The van der Waals surface area contributed by atoms with Gasteiger partial charge in [-0.05, 0) is 59.7 Å². The molecule has 6 heteroatoms. The van der Waals surface area contributed by atoms with Crippen molar-refractivity contribution in [2.24, 2.45) is 11.8 Å². The molecule has 2 aliphatic rings. The molecule has 0 aromatic carbocycles. The smallest absolute Gasteiger partial charge is 0.230 e. The summed E-state index contributed by atoms with van der Waals surface area (Å²) in [5, 5.41) is 2.86. The molecular formula is C18H24BrN3O2. The number of halogens is 1. The first-order chi connectivity index (χ1) is 11.6. The van der Waals surface area contributed by atoms with Crippen LogP contribution >= 0.6 is 15.9 Å². The van der Waals surface area contributed by atoms with Gasteiger partial charge in [0.05, 0.1) is 5.92 Å². The van der Waals surface area contributed by atoms with Gasteiger partial charge in [-0.25, -0.2) is 4.98 Å². The minimum Gasteiger partial charge on any atom is -0.342 e. The van der Waals surface area contributed by atoms with E-state index in [9.17, 15) is 9.59 Å². The first-order valence-electron chi connectivity index (χ1n) is 8.82. The Labute approximate surface area is 151 Å². The maximum Gasteiger partial charge on any atom is 0.230 e. The lowest BCUT2D eigenvalue weighted by Gasteiger charge is -2.32. The van der Waals surface area contributed by atoms with Crippen LogP contribution in [0.4, 0.5) is 5.82 Å². The summed E-state index contributed by atoms with van der Waals surface area (Å²) in [6.07, 6.45) is 8.90. The zero-order chi connectivity index (χ0) is 16.9. The van der Waals surface area contributed by atoms with E-state index in [4.69, 9.17) is 0 Å². The number of rotatable bonds is 4. The number of hydrogen-bond donors (Lipinski definition) is 1. The fraction of sp³-hybridized carbons (Fsp3) is 0.611. The second-order valence-corrected chi connectivity index (χ2v) is 7.80. The number of amides is 2. The van der Waals surface area contributed by atoms with Gasteiger partial charge < -0.3 is 10.2 Å². The van der Waals surface area contributed by atoms with Crippen LogP contribution in [0.1, 0.15) is 44.9 Å². The molecule has 0 unspecified atom stereocenters. The number of carbonyl (C=O) groups excluding carboxylic acids is 2. The molecule has 0 radical (unpaired) electrons. The van der Waals surface area contributed by atoms with Crippen molar-refractivity contribution < 1.29 is 9.59 Å². The monoisotopic (exact) mass is 393 g/mol. The van der Waals surface area contributed by atoms with Crippen LogP contribution in [0.3, 0.4) is 0 Å². The van der Waals surface area contributed by atoms with Gasteiger partial charge in [-0.1, -0.05) is 12.8 Å². The Bertz CT molecular complexity index is 584. The van der Waals surface area contributed by atoms with Crippen LogP contribution in [0.15, 0.2) is 22.8 Å². The van der Waals surface area contributed by atoms with Crippen molar-refractivity contribution in [2.45, 2.75) is 44.9 Å².